The molecule has 1 aliphatic heterocycles. The third-order valence-electron chi connectivity index (χ3n) is 3.69. The average molecular weight is 290 g/mol. The topological polar surface area (TPSA) is 36.4 Å². The van der Waals surface area contributed by atoms with Crippen molar-refractivity contribution in [3.63, 3.8) is 0 Å². The Morgan fingerprint density at radius 2 is 1.90 bits per heavy atom. The number of pyridine rings is 1. The number of hydrogen-bond donors (Lipinski definition) is 0. The number of aromatic nitrogens is 1. The molecule has 0 bridgehead atoms. The summed E-state index contributed by atoms with van der Waals surface area (Å²) in [6.45, 7) is 4.93. The quantitative estimate of drug-likeness (QED) is 0.598. The van der Waals surface area contributed by atoms with E-state index < -0.39 is 0 Å². The highest BCUT2D eigenvalue weighted by molar-refractivity contribution is 6.62. The summed E-state index contributed by atoms with van der Waals surface area (Å²) in [5.74, 6) is 0. The van der Waals surface area contributed by atoms with Gasteiger partial charge in [-0.1, -0.05) is 18.2 Å². The Labute approximate surface area is 123 Å². The fourth-order valence-electron chi connectivity index (χ4n) is 2.67. The van der Waals surface area contributed by atoms with Crippen LogP contribution in [0.25, 0.3) is 10.9 Å². The molecule has 1 fully saturated rings. The third-order valence-corrected chi connectivity index (χ3v) is 3.93. The standard InChI is InChI=1S/C15H16ClN3O/c1-11-10-14(12-4-2-3-5-13(12)17-11)18-6-8-19(9-7-18)15(16)20/h2-5,10H,6-9H2,1H3. The molecular formula is C15H16ClN3O. The van der Waals surface area contributed by atoms with Crippen molar-refractivity contribution >= 4 is 33.6 Å². The van der Waals surface area contributed by atoms with Crippen LogP contribution in [0.5, 0.6) is 0 Å². The Morgan fingerprint density at radius 3 is 2.60 bits per heavy atom. The van der Waals surface area contributed by atoms with E-state index in [1.54, 1.807) is 4.90 Å². The SMILES string of the molecule is Cc1cc(N2CCN(C(=O)Cl)CC2)c2ccccc2n1. The molecule has 0 atom stereocenters. The van der Waals surface area contributed by atoms with Crippen molar-refractivity contribution in [3.8, 4) is 0 Å². The van der Waals surface area contributed by atoms with E-state index in [0.717, 1.165) is 29.7 Å². The summed E-state index contributed by atoms with van der Waals surface area (Å²) in [5, 5.41) is 0.796. The lowest BCUT2D eigenvalue weighted by atomic mass is 10.1. The zero-order chi connectivity index (χ0) is 14.1. The van der Waals surface area contributed by atoms with E-state index >= 15 is 0 Å². The maximum atomic E-state index is 11.2. The Kier molecular flexibility index (Phi) is 3.49. The number of nitrogens with zero attached hydrogens (tertiary/aromatic N) is 3. The molecule has 0 aliphatic carbocycles. The zero-order valence-electron chi connectivity index (χ0n) is 11.3. The molecule has 0 unspecified atom stereocenters. The van der Waals surface area contributed by atoms with Gasteiger partial charge in [-0.2, -0.15) is 0 Å². The van der Waals surface area contributed by atoms with Crippen LogP contribution in [0.15, 0.2) is 30.3 Å². The van der Waals surface area contributed by atoms with Crippen LogP contribution in [0.4, 0.5) is 10.5 Å². The molecule has 1 amide bonds. The molecule has 0 saturated carbocycles. The highest BCUT2D eigenvalue weighted by Crippen LogP contribution is 2.27. The highest BCUT2D eigenvalue weighted by atomic mass is 35.5. The minimum absolute atomic E-state index is 0.361. The van der Waals surface area contributed by atoms with E-state index in [1.165, 1.54) is 5.69 Å². The molecule has 1 aromatic carbocycles. The van der Waals surface area contributed by atoms with Crippen molar-refractivity contribution in [3.05, 3.63) is 36.0 Å². The van der Waals surface area contributed by atoms with Gasteiger partial charge in [0.1, 0.15) is 0 Å². The molecule has 2 aromatic rings. The molecule has 0 radical (unpaired) electrons. The summed E-state index contributed by atoms with van der Waals surface area (Å²) >= 11 is 5.53. The molecule has 5 heteroatoms. The lowest BCUT2D eigenvalue weighted by molar-refractivity contribution is 0.218. The maximum Gasteiger partial charge on any atom is 0.316 e. The molecule has 4 nitrogen and oxygen atoms in total. The Bertz CT molecular complexity index is 651. The van der Waals surface area contributed by atoms with Gasteiger partial charge < -0.3 is 9.80 Å². The van der Waals surface area contributed by atoms with Crippen molar-refractivity contribution in [2.45, 2.75) is 6.92 Å². The number of amides is 1. The average Bonchev–Trinajstić information content (AvgIpc) is 2.46. The monoisotopic (exact) mass is 289 g/mol. The number of hydrogen-bond acceptors (Lipinski definition) is 3. The van der Waals surface area contributed by atoms with Crippen molar-refractivity contribution in [1.82, 2.24) is 9.88 Å². The second-order valence-electron chi connectivity index (χ2n) is 5.03. The number of rotatable bonds is 1. The lowest BCUT2D eigenvalue weighted by Gasteiger charge is -2.35. The number of aryl methyl sites for hydroxylation is 1. The molecule has 0 N–H and O–H groups in total. The van der Waals surface area contributed by atoms with Crippen LogP contribution in [0.1, 0.15) is 5.69 Å². The predicted molar refractivity (Wildman–Crippen MR) is 81.5 cm³/mol. The first kappa shape index (κ1) is 13.2. The minimum atomic E-state index is -0.361. The molecule has 2 heterocycles. The summed E-state index contributed by atoms with van der Waals surface area (Å²) < 4.78 is 0. The molecule has 0 spiro atoms. The first-order valence-corrected chi connectivity index (χ1v) is 7.09. The molecule has 1 aliphatic rings. The second kappa shape index (κ2) is 5.29. The van der Waals surface area contributed by atoms with Gasteiger partial charge >= 0.3 is 5.37 Å². The normalized spacial score (nSPS) is 15.7. The van der Waals surface area contributed by atoms with Gasteiger partial charge in [-0.3, -0.25) is 9.78 Å². The number of benzene rings is 1. The first-order chi connectivity index (χ1) is 9.65. The summed E-state index contributed by atoms with van der Waals surface area (Å²) in [6, 6.07) is 10.3. The Hall–Kier alpha value is -1.81. The van der Waals surface area contributed by atoms with Gasteiger partial charge in [0.05, 0.1) is 5.52 Å². The smallest absolute Gasteiger partial charge is 0.316 e. The molecule has 104 valence electrons. The van der Waals surface area contributed by atoms with Crippen LogP contribution in [-0.2, 0) is 0 Å². The van der Waals surface area contributed by atoms with Crippen LogP contribution in [0, 0.1) is 6.92 Å². The fraction of sp³-hybridized carbons (Fsp3) is 0.333. The van der Waals surface area contributed by atoms with Gasteiger partial charge in [0.2, 0.25) is 0 Å². The first-order valence-electron chi connectivity index (χ1n) is 6.71. The van der Waals surface area contributed by atoms with Gasteiger partial charge in [0, 0.05) is 42.9 Å². The predicted octanol–water partition coefficient (Wildman–Crippen LogP) is 3.02. The van der Waals surface area contributed by atoms with Gasteiger partial charge in [-0.15, -0.1) is 0 Å². The van der Waals surface area contributed by atoms with Crippen LogP contribution in [0.3, 0.4) is 0 Å². The van der Waals surface area contributed by atoms with Gasteiger partial charge in [-0.05, 0) is 30.7 Å². The van der Waals surface area contributed by atoms with Crippen molar-refractivity contribution < 1.29 is 4.79 Å². The lowest BCUT2D eigenvalue weighted by Crippen LogP contribution is -2.47. The summed E-state index contributed by atoms with van der Waals surface area (Å²) in [4.78, 5) is 19.7. The van der Waals surface area contributed by atoms with Crippen molar-refractivity contribution in [2.75, 3.05) is 31.1 Å². The number of para-hydroxylation sites is 1. The Morgan fingerprint density at radius 1 is 1.20 bits per heavy atom. The van der Waals surface area contributed by atoms with Crippen LogP contribution in [-0.4, -0.2) is 41.4 Å². The van der Waals surface area contributed by atoms with E-state index in [1.807, 2.05) is 25.1 Å². The fourth-order valence-corrected chi connectivity index (χ4v) is 2.84. The number of fused-ring (bicyclic) bond motifs is 1. The van der Waals surface area contributed by atoms with Crippen LogP contribution in [0.2, 0.25) is 0 Å². The van der Waals surface area contributed by atoms with Crippen LogP contribution < -0.4 is 4.90 Å². The molecule has 3 rings (SSSR count). The highest BCUT2D eigenvalue weighted by Gasteiger charge is 2.21. The van der Waals surface area contributed by atoms with E-state index in [9.17, 15) is 4.79 Å². The second-order valence-corrected chi connectivity index (χ2v) is 5.35. The molecular weight excluding hydrogens is 274 g/mol. The van der Waals surface area contributed by atoms with E-state index in [2.05, 4.69) is 22.0 Å². The largest absolute Gasteiger partial charge is 0.367 e. The number of anilines is 1. The number of carbonyl (C=O) groups excluding carboxylic acids is 1. The number of piperazine rings is 1. The van der Waals surface area contributed by atoms with Crippen molar-refractivity contribution in [2.24, 2.45) is 0 Å². The molecule has 1 aromatic heterocycles. The van der Waals surface area contributed by atoms with E-state index in [0.29, 0.717) is 13.1 Å². The third kappa shape index (κ3) is 2.43. The summed E-state index contributed by atoms with van der Waals surface area (Å²) in [6.07, 6.45) is 0. The van der Waals surface area contributed by atoms with Gasteiger partial charge in [-0.25, -0.2) is 0 Å². The van der Waals surface area contributed by atoms with E-state index in [-0.39, 0.29) is 5.37 Å². The molecule has 1 saturated heterocycles. The van der Waals surface area contributed by atoms with E-state index in [4.69, 9.17) is 11.6 Å². The number of halogens is 1. The van der Waals surface area contributed by atoms with Gasteiger partial charge in [0.15, 0.2) is 0 Å². The van der Waals surface area contributed by atoms with Crippen molar-refractivity contribution in [1.29, 1.82) is 0 Å². The number of carbonyl (C=O) groups is 1. The Balaban J connectivity index is 1.93. The van der Waals surface area contributed by atoms with Gasteiger partial charge in [0.25, 0.3) is 0 Å². The molecule has 20 heavy (non-hydrogen) atoms. The summed E-state index contributed by atoms with van der Waals surface area (Å²) in [7, 11) is 0. The van der Waals surface area contributed by atoms with Crippen LogP contribution >= 0.6 is 11.6 Å². The minimum Gasteiger partial charge on any atom is -0.367 e. The zero-order valence-corrected chi connectivity index (χ0v) is 12.1. The summed E-state index contributed by atoms with van der Waals surface area (Å²) in [5.41, 5.74) is 3.21. The maximum absolute atomic E-state index is 11.2.